The zero-order chi connectivity index (χ0) is 19.2. The molecule has 1 aromatic rings. The summed E-state index contributed by atoms with van der Waals surface area (Å²) in [6.07, 6.45) is 2.59. The lowest BCUT2D eigenvalue weighted by Gasteiger charge is -2.34. The molecule has 1 aliphatic rings. The van der Waals surface area contributed by atoms with Crippen molar-refractivity contribution in [2.24, 2.45) is 5.41 Å². The van der Waals surface area contributed by atoms with Gasteiger partial charge in [0.2, 0.25) is 11.8 Å². The first-order valence-corrected chi connectivity index (χ1v) is 9.55. The van der Waals surface area contributed by atoms with E-state index >= 15 is 0 Å². The highest BCUT2D eigenvalue weighted by Gasteiger charge is 2.26. The molecule has 0 aromatic heterocycles. The Hall–Kier alpha value is -2.04. The van der Waals surface area contributed by atoms with Crippen LogP contribution < -0.4 is 10.1 Å². The first-order chi connectivity index (χ1) is 12.3. The zero-order valence-corrected chi connectivity index (χ0v) is 16.5. The van der Waals surface area contributed by atoms with Crippen molar-refractivity contribution in [2.45, 2.75) is 59.4 Å². The number of carbonyl (C=O) groups excluding carboxylic acids is 2. The van der Waals surface area contributed by atoms with Crippen molar-refractivity contribution in [3.63, 3.8) is 0 Å². The Labute approximate surface area is 157 Å². The molecule has 0 spiro atoms. The molecule has 1 fully saturated rings. The second-order valence-corrected chi connectivity index (χ2v) is 8.21. The van der Waals surface area contributed by atoms with E-state index in [0.717, 1.165) is 37.2 Å². The standard InChI is InChI=1S/C21H32N2O3/c1-5-26-18-8-6-16(7-9-18)14-19(24)22-17-10-12-23(13-11-17)20(25)15-21(2,3)4/h6-9,17H,5,10-15H2,1-4H3,(H,22,24). The molecule has 5 nitrogen and oxygen atoms in total. The summed E-state index contributed by atoms with van der Waals surface area (Å²) in [6, 6.07) is 7.80. The highest BCUT2D eigenvalue weighted by molar-refractivity contribution is 5.79. The van der Waals surface area contributed by atoms with Gasteiger partial charge in [-0.05, 0) is 42.9 Å². The fourth-order valence-electron chi connectivity index (χ4n) is 3.17. The van der Waals surface area contributed by atoms with E-state index in [-0.39, 0.29) is 23.3 Å². The Morgan fingerprint density at radius 2 is 1.77 bits per heavy atom. The van der Waals surface area contributed by atoms with Gasteiger partial charge in [-0.2, -0.15) is 0 Å². The molecule has 0 unspecified atom stereocenters. The quantitative estimate of drug-likeness (QED) is 0.848. The maximum atomic E-state index is 12.3. The number of nitrogens with one attached hydrogen (secondary N) is 1. The number of amides is 2. The SMILES string of the molecule is CCOc1ccc(CC(=O)NC2CCN(C(=O)CC(C)(C)C)CC2)cc1. The maximum Gasteiger partial charge on any atom is 0.224 e. The van der Waals surface area contributed by atoms with Crippen LogP contribution in [0.15, 0.2) is 24.3 Å². The van der Waals surface area contributed by atoms with Crippen LogP contribution in [0.3, 0.4) is 0 Å². The van der Waals surface area contributed by atoms with Crippen LogP contribution in [0.1, 0.15) is 52.5 Å². The molecule has 1 N–H and O–H groups in total. The molecule has 2 amide bonds. The van der Waals surface area contributed by atoms with E-state index in [9.17, 15) is 9.59 Å². The van der Waals surface area contributed by atoms with Gasteiger partial charge in [0.1, 0.15) is 5.75 Å². The molecule has 5 heteroatoms. The van der Waals surface area contributed by atoms with Crippen molar-refractivity contribution in [3.05, 3.63) is 29.8 Å². The Bertz CT molecular complexity index is 597. The minimum Gasteiger partial charge on any atom is -0.494 e. The average molecular weight is 360 g/mol. The van der Waals surface area contributed by atoms with Gasteiger partial charge < -0.3 is 15.0 Å². The first-order valence-electron chi connectivity index (χ1n) is 9.55. The number of hydrogen-bond donors (Lipinski definition) is 1. The molecule has 1 heterocycles. The number of ether oxygens (including phenoxy) is 1. The Morgan fingerprint density at radius 1 is 1.15 bits per heavy atom. The lowest BCUT2D eigenvalue weighted by atomic mass is 9.91. The van der Waals surface area contributed by atoms with Gasteiger partial charge in [0.05, 0.1) is 13.0 Å². The summed E-state index contributed by atoms with van der Waals surface area (Å²) in [6.45, 7) is 10.3. The molecule has 0 saturated carbocycles. The number of benzene rings is 1. The maximum absolute atomic E-state index is 12.3. The van der Waals surface area contributed by atoms with Crippen molar-refractivity contribution < 1.29 is 14.3 Å². The molecule has 144 valence electrons. The molecule has 0 radical (unpaired) electrons. The van der Waals surface area contributed by atoms with Crippen LogP contribution in [-0.2, 0) is 16.0 Å². The molecular formula is C21H32N2O3. The van der Waals surface area contributed by atoms with Crippen LogP contribution in [0.5, 0.6) is 5.75 Å². The van der Waals surface area contributed by atoms with E-state index in [2.05, 4.69) is 26.1 Å². The Kier molecular flexibility index (Phi) is 7.06. The summed E-state index contributed by atoms with van der Waals surface area (Å²) in [5, 5.41) is 3.11. The Morgan fingerprint density at radius 3 is 2.31 bits per heavy atom. The monoisotopic (exact) mass is 360 g/mol. The highest BCUT2D eigenvalue weighted by Crippen LogP contribution is 2.21. The molecule has 0 atom stereocenters. The van der Waals surface area contributed by atoms with Crippen LogP contribution >= 0.6 is 0 Å². The number of likely N-dealkylation sites (tertiary alicyclic amines) is 1. The summed E-state index contributed by atoms with van der Waals surface area (Å²) in [4.78, 5) is 26.5. The van der Waals surface area contributed by atoms with Crippen LogP contribution in [0, 0.1) is 5.41 Å². The largest absolute Gasteiger partial charge is 0.494 e. The lowest BCUT2D eigenvalue weighted by Crippen LogP contribution is -2.47. The van der Waals surface area contributed by atoms with E-state index < -0.39 is 0 Å². The lowest BCUT2D eigenvalue weighted by molar-refractivity contribution is -0.134. The van der Waals surface area contributed by atoms with Crippen LogP contribution in [-0.4, -0.2) is 42.5 Å². The minimum absolute atomic E-state index is 0.0138. The smallest absolute Gasteiger partial charge is 0.224 e. The van der Waals surface area contributed by atoms with Gasteiger partial charge in [-0.25, -0.2) is 0 Å². The van der Waals surface area contributed by atoms with E-state index in [1.54, 1.807) is 0 Å². The molecule has 0 aliphatic carbocycles. The summed E-state index contributed by atoms with van der Waals surface area (Å²) in [5.74, 6) is 1.08. The van der Waals surface area contributed by atoms with Gasteiger partial charge in [-0.1, -0.05) is 32.9 Å². The van der Waals surface area contributed by atoms with Crippen molar-refractivity contribution in [3.8, 4) is 5.75 Å². The fourth-order valence-corrected chi connectivity index (χ4v) is 3.17. The molecule has 1 aromatic carbocycles. The number of carbonyl (C=O) groups is 2. The number of hydrogen-bond acceptors (Lipinski definition) is 3. The summed E-state index contributed by atoms with van der Waals surface area (Å²) in [7, 11) is 0. The predicted molar refractivity (Wildman–Crippen MR) is 103 cm³/mol. The predicted octanol–water partition coefficient (Wildman–Crippen LogP) is 3.17. The van der Waals surface area contributed by atoms with Crippen molar-refractivity contribution in [1.29, 1.82) is 0 Å². The minimum atomic E-state index is 0.0138. The van der Waals surface area contributed by atoms with Crippen molar-refractivity contribution in [1.82, 2.24) is 10.2 Å². The van der Waals surface area contributed by atoms with Gasteiger partial charge in [0.25, 0.3) is 0 Å². The van der Waals surface area contributed by atoms with Gasteiger partial charge in [-0.3, -0.25) is 9.59 Å². The average Bonchev–Trinajstić information content (AvgIpc) is 2.56. The van der Waals surface area contributed by atoms with Crippen LogP contribution in [0.25, 0.3) is 0 Å². The van der Waals surface area contributed by atoms with E-state index in [1.165, 1.54) is 0 Å². The third kappa shape index (κ3) is 6.70. The first kappa shape index (κ1) is 20.3. The zero-order valence-electron chi connectivity index (χ0n) is 16.5. The fraction of sp³-hybridized carbons (Fsp3) is 0.619. The highest BCUT2D eigenvalue weighted by atomic mass is 16.5. The third-order valence-corrected chi connectivity index (χ3v) is 4.49. The topological polar surface area (TPSA) is 58.6 Å². The van der Waals surface area contributed by atoms with Gasteiger partial charge in [0, 0.05) is 25.6 Å². The third-order valence-electron chi connectivity index (χ3n) is 4.49. The van der Waals surface area contributed by atoms with Crippen LogP contribution in [0.4, 0.5) is 0 Å². The molecule has 1 aliphatic heterocycles. The van der Waals surface area contributed by atoms with Crippen molar-refractivity contribution >= 4 is 11.8 Å². The summed E-state index contributed by atoms with van der Waals surface area (Å²) in [5.41, 5.74) is 0.989. The van der Waals surface area contributed by atoms with Crippen LogP contribution in [0.2, 0.25) is 0 Å². The normalized spacial score (nSPS) is 15.6. The van der Waals surface area contributed by atoms with Gasteiger partial charge in [0.15, 0.2) is 0 Å². The molecule has 1 saturated heterocycles. The number of rotatable bonds is 6. The molecule has 0 bridgehead atoms. The Balaban J connectivity index is 1.74. The number of piperidine rings is 1. The second-order valence-electron chi connectivity index (χ2n) is 8.21. The van der Waals surface area contributed by atoms with Gasteiger partial charge >= 0.3 is 0 Å². The van der Waals surface area contributed by atoms with Gasteiger partial charge in [-0.15, -0.1) is 0 Å². The van der Waals surface area contributed by atoms with E-state index in [4.69, 9.17) is 4.74 Å². The summed E-state index contributed by atoms with van der Waals surface area (Å²) >= 11 is 0. The van der Waals surface area contributed by atoms with Crippen molar-refractivity contribution in [2.75, 3.05) is 19.7 Å². The number of nitrogens with zero attached hydrogens (tertiary/aromatic N) is 1. The van der Waals surface area contributed by atoms with E-state index in [0.29, 0.717) is 19.4 Å². The molecule has 26 heavy (non-hydrogen) atoms. The summed E-state index contributed by atoms with van der Waals surface area (Å²) < 4.78 is 5.41. The molecular weight excluding hydrogens is 328 g/mol. The molecule has 2 rings (SSSR count). The van der Waals surface area contributed by atoms with E-state index in [1.807, 2.05) is 36.1 Å². The second kappa shape index (κ2) is 9.06.